The van der Waals surface area contributed by atoms with Gasteiger partial charge in [0.15, 0.2) is 0 Å². The van der Waals surface area contributed by atoms with E-state index in [9.17, 15) is 4.79 Å². The van der Waals surface area contributed by atoms with Gasteiger partial charge in [0, 0.05) is 36.9 Å². The second kappa shape index (κ2) is 5.55. The van der Waals surface area contributed by atoms with E-state index >= 15 is 0 Å². The first-order chi connectivity index (χ1) is 8.96. The van der Waals surface area contributed by atoms with Gasteiger partial charge in [0.25, 0.3) is 0 Å². The molecule has 0 bridgehead atoms. The Balaban J connectivity index is 1.88. The Bertz CT molecular complexity index is 419. The first-order valence-corrected chi connectivity index (χ1v) is 6.80. The molecule has 1 aromatic rings. The number of rotatable bonds is 2. The Morgan fingerprint density at radius 1 is 1.26 bits per heavy atom. The van der Waals surface area contributed by atoms with Crippen LogP contribution in [0.1, 0.15) is 33.6 Å². The van der Waals surface area contributed by atoms with Crippen molar-refractivity contribution < 1.29 is 4.79 Å². The average molecular weight is 262 g/mol. The summed E-state index contributed by atoms with van der Waals surface area (Å²) in [5.41, 5.74) is -0.156. The molecule has 1 amide bonds. The lowest BCUT2D eigenvalue weighted by Gasteiger charge is -2.32. The Hall–Kier alpha value is -1.65. The smallest absolute Gasteiger partial charge is 0.225 e. The maximum absolute atomic E-state index is 12.1. The molecule has 0 atom stereocenters. The van der Waals surface area contributed by atoms with Gasteiger partial charge in [-0.15, -0.1) is 0 Å². The quantitative estimate of drug-likeness (QED) is 0.879. The van der Waals surface area contributed by atoms with Crippen LogP contribution in [-0.2, 0) is 4.79 Å². The molecule has 1 aromatic heterocycles. The average Bonchev–Trinajstić information content (AvgIpc) is 2.38. The van der Waals surface area contributed by atoms with E-state index < -0.39 is 0 Å². The molecule has 5 heteroatoms. The molecule has 0 spiro atoms. The second-order valence-electron chi connectivity index (χ2n) is 6.05. The van der Waals surface area contributed by atoms with Crippen molar-refractivity contribution in [3.63, 3.8) is 0 Å². The highest BCUT2D eigenvalue weighted by Gasteiger charge is 2.27. The summed E-state index contributed by atoms with van der Waals surface area (Å²) >= 11 is 0. The minimum atomic E-state index is -0.156. The first kappa shape index (κ1) is 13.8. The van der Waals surface area contributed by atoms with Gasteiger partial charge in [0.2, 0.25) is 11.9 Å². The highest BCUT2D eigenvalue weighted by Crippen LogP contribution is 2.21. The number of nitrogens with zero attached hydrogens (tertiary/aromatic N) is 3. The zero-order chi connectivity index (χ0) is 13.9. The van der Waals surface area contributed by atoms with Crippen LogP contribution >= 0.6 is 0 Å². The van der Waals surface area contributed by atoms with Crippen LogP contribution in [-0.4, -0.2) is 34.5 Å². The Labute approximate surface area is 114 Å². The van der Waals surface area contributed by atoms with Crippen molar-refractivity contribution >= 4 is 11.9 Å². The third kappa shape index (κ3) is 3.91. The van der Waals surface area contributed by atoms with Gasteiger partial charge in [0.1, 0.15) is 0 Å². The van der Waals surface area contributed by atoms with E-state index in [1.54, 1.807) is 12.4 Å². The number of carbonyl (C=O) groups is 1. The van der Waals surface area contributed by atoms with Crippen molar-refractivity contribution in [2.24, 2.45) is 5.92 Å². The molecule has 1 N–H and O–H groups in total. The highest BCUT2D eigenvalue weighted by molar-refractivity contribution is 5.79. The van der Waals surface area contributed by atoms with E-state index in [0.717, 1.165) is 31.9 Å². The van der Waals surface area contributed by atoms with E-state index in [4.69, 9.17) is 0 Å². The van der Waals surface area contributed by atoms with Crippen molar-refractivity contribution in [2.75, 3.05) is 18.0 Å². The maximum atomic E-state index is 12.1. The zero-order valence-electron chi connectivity index (χ0n) is 11.9. The van der Waals surface area contributed by atoms with Gasteiger partial charge in [-0.3, -0.25) is 4.79 Å². The lowest BCUT2D eigenvalue weighted by atomic mass is 9.95. The van der Waals surface area contributed by atoms with E-state index in [2.05, 4.69) is 20.2 Å². The molecule has 1 aliphatic heterocycles. The van der Waals surface area contributed by atoms with Crippen molar-refractivity contribution in [3.05, 3.63) is 18.5 Å². The third-order valence-electron chi connectivity index (χ3n) is 3.20. The Morgan fingerprint density at radius 2 is 1.84 bits per heavy atom. The molecule has 0 saturated carbocycles. The summed E-state index contributed by atoms with van der Waals surface area (Å²) in [6, 6.07) is 1.81. The van der Waals surface area contributed by atoms with E-state index in [1.165, 1.54) is 0 Å². The molecule has 1 fully saturated rings. The predicted molar refractivity (Wildman–Crippen MR) is 74.9 cm³/mol. The lowest BCUT2D eigenvalue weighted by molar-refractivity contribution is -0.127. The molecule has 2 rings (SSSR count). The SMILES string of the molecule is CC(C)(C)NC(=O)C1CCN(c2ncccn2)CC1. The largest absolute Gasteiger partial charge is 0.351 e. The molecule has 104 valence electrons. The fourth-order valence-corrected chi connectivity index (χ4v) is 2.27. The minimum Gasteiger partial charge on any atom is -0.351 e. The van der Waals surface area contributed by atoms with Crippen LogP contribution in [0.4, 0.5) is 5.95 Å². The minimum absolute atomic E-state index is 0.110. The summed E-state index contributed by atoms with van der Waals surface area (Å²) in [5, 5.41) is 3.05. The van der Waals surface area contributed by atoms with E-state index in [0.29, 0.717) is 0 Å². The van der Waals surface area contributed by atoms with Gasteiger partial charge in [-0.1, -0.05) is 0 Å². The van der Waals surface area contributed by atoms with Gasteiger partial charge >= 0.3 is 0 Å². The summed E-state index contributed by atoms with van der Waals surface area (Å²) in [5.74, 6) is 1.04. The van der Waals surface area contributed by atoms with Gasteiger partial charge < -0.3 is 10.2 Å². The molecule has 0 aliphatic carbocycles. The van der Waals surface area contributed by atoms with Gasteiger partial charge in [-0.25, -0.2) is 9.97 Å². The monoisotopic (exact) mass is 262 g/mol. The maximum Gasteiger partial charge on any atom is 0.225 e. The molecule has 0 unspecified atom stereocenters. The van der Waals surface area contributed by atoms with Crippen molar-refractivity contribution in [2.45, 2.75) is 39.2 Å². The summed E-state index contributed by atoms with van der Waals surface area (Å²) in [7, 11) is 0. The standard InChI is InChI=1S/C14H22N4O/c1-14(2,3)17-12(19)11-5-9-18(10-6-11)13-15-7-4-8-16-13/h4,7-8,11H,5-6,9-10H2,1-3H3,(H,17,19). The number of anilines is 1. The van der Waals surface area contributed by atoms with Crippen molar-refractivity contribution in [1.82, 2.24) is 15.3 Å². The fourth-order valence-electron chi connectivity index (χ4n) is 2.27. The molecule has 0 radical (unpaired) electrons. The summed E-state index contributed by atoms with van der Waals surface area (Å²) in [6.07, 6.45) is 5.22. The molecule has 2 heterocycles. The number of nitrogens with one attached hydrogen (secondary N) is 1. The van der Waals surface area contributed by atoms with Gasteiger partial charge in [-0.05, 0) is 39.7 Å². The molecule has 0 aromatic carbocycles. The van der Waals surface area contributed by atoms with Crippen LogP contribution in [0.25, 0.3) is 0 Å². The molecular formula is C14H22N4O. The number of hydrogen-bond acceptors (Lipinski definition) is 4. The normalized spacial score (nSPS) is 17.3. The topological polar surface area (TPSA) is 58.1 Å². The van der Waals surface area contributed by atoms with Crippen LogP contribution in [0.5, 0.6) is 0 Å². The third-order valence-corrected chi connectivity index (χ3v) is 3.20. The number of carbonyl (C=O) groups excluding carboxylic acids is 1. The first-order valence-electron chi connectivity index (χ1n) is 6.80. The van der Waals surface area contributed by atoms with Crippen LogP contribution in [0, 0.1) is 5.92 Å². The summed E-state index contributed by atoms with van der Waals surface area (Å²) < 4.78 is 0. The predicted octanol–water partition coefficient (Wildman–Crippen LogP) is 1.61. The summed E-state index contributed by atoms with van der Waals surface area (Å²) in [4.78, 5) is 22.7. The number of hydrogen-bond donors (Lipinski definition) is 1. The Kier molecular flexibility index (Phi) is 4.02. The zero-order valence-corrected chi connectivity index (χ0v) is 11.9. The van der Waals surface area contributed by atoms with Crippen LogP contribution in [0.15, 0.2) is 18.5 Å². The molecular weight excluding hydrogens is 240 g/mol. The highest BCUT2D eigenvalue weighted by atomic mass is 16.2. The number of piperidine rings is 1. The van der Waals surface area contributed by atoms with E-state index in [1.807, 2.05) is 26.8 Å². The second-order valence-corrected chi connectivity index (χ2v) is 6.05. The van der Waals surface area contributed by atoms with Crippen LogP contribution < -0.4 is 10.2 Å². The van der Waals surface area contributed by atoms with Crippen LogP contribution in [0.2, 0.25) is 0 Å². The fraction of sp³-hybridized carbons (Fsp3) is 0.643. The van der Waals surface area contributed by atoms with Gasteiger partial charge in [0.05, 0.1) is 0 Å². The van der Waals surface area contributed by atoms with Crippen molar-refractivity contribution in [3.8, 4) is 0 Å². The molecule has 1 saturated heterocycles. The van der Waals surface area contributed by atoms with Crippen molar-refractivity contribution in [1.29, 1.82) is 0 Å². The number of amides is 1. The number of aromatic nitrogens is 2. The molecule has 1 aliphatic rings. The lowest BCUT2D eigenvalue weighted by Crippen LogP contribution is -2.47. The van der Waals surface area contributed by atoms with Crippen LogP contribution in [0.3, 0.4) is 0 Å². The molecule has 5 nitrogen and oxygen atoms in total. The Morgan fingerprint density at radius 3 is 2.37 bits per heavy atom. The van der Waals surface area contributed by atoms with Gasteiger partial charge in [-0.2, -0.15) is 0 Å². The molecule has 19 heavy (non-hydrogen) atoms. The summed E-state index contributed by atoms with van der Waals surface area (Å²) in [6.45, 7) is 7.71. The van der Waals surface area contributed by atoms with E-state index in [-0.39, 0.29) is 17.4 Å².